The minimum atomic E-state index is -0.748. The maximum Gasteiger partial charge on any atom is 0.234 e. The Morgan fingerprint density at radius 2 is 2.07 bits per heavy atom. The molecule has 1 amide bonds. The Kier molecular flexibility index (Phi) is 8.61. The summed E-state index contributed by atoms with van der Waals surface area (Å²) in [6, 6.07) is 0.226. The summed E-state index contributed by atoms with van der Waals surface area (Å²) in [4.78, 5) is 11.3. The fraction of sp³-hybridized carbons (Fsp3) is 0.900. The standard InChI is InChI=1S/C10H22N2O2S/c1-4-9(3)12-10(13)8-11-6-7-15(14)5-2/h9,11H,4-8H2,1-3H3,(H,12,13). The molecular formula is C10H22N2O2S. The largest absolute Gasteiger partial charge is 0.353 e. The number of carbonyl (C=O) groups is 1. The zero-order valence-electron chi connectivity index (χ0n) is 9.84. The van der Waals surface area contributed by atoms with Gasteiger partial charge in [0, 0.05) is 34.9 Å². The van der Waals surface area contributed by atoms with E-state index in [0.29, 0.717) is 24.6 Å². The Balaban J connectivity index is 3.43. The molecule has 0 rings (SSSR count). The van der Waals surface area contributed by atoms with Crippen molar-refractivity contribution in [1.29, 1.82) is 0 Å². The average molecular weight is 234 g/mol. The topological polar surface area (TPSA) is 58.2 Å². The molecule has 5 heteroatoms. The predicted molar refractivity (Wildman–Crippen MR) is 64.3 cm³/mol. The molecule has 0 aromatic heterocycles. The number of rotatable bonds is 8. The highest BCUT2D eigenvalue weighted by Crippen LogP contribution is 1.86. The van der Waals surface area contributed by atoms with Crippen molar-refractivity contribution in [2.45, 2.75) is 33.2 Å². The van der Waals surface area contributed by atoms with Crippen LogP contribution in [0, 0.1) is 0 Å². The van der Waals surface area contributed by atoms with Crippen LogP contribution in [0.15, 0.2) is 0 Å². The zero-order valence-corrected chi connectivity index (χ0v) is 10.7. The highest BCUT2D eigenvalue weighted by atomic mass is 32.2. The van der Waals surface area contributed by atoms with Crippen LogP contribution in [-0.4, -0.2) is 40.8 Å². The van der Waals surface area contributed by atoms with Gasteiger partial charge >= 0.3 is 0 Å². The highest BCUT2D eigenvalue weighted by molar-refractivity contribution is 7.84. The number of hydrogen-bond donors (Lipinski definition) is 2. The Labute approximate surface area is 94.7 Å². The Morgan fingerprint density at radius 1 is 1.40 bits per heavy atom. The lowest BCUT2D eigenvalue weighted by molar-refractivity contribution is -0.120. The first-order chi connectivity index (χ1) is 7.10. The van der Waals surface area contributed by atoms with E-state index in [-0.39, 0.29) is 11.9 Å². The van der Waals surface area contributed by atoms with Crippen molar-refractivity contribution in [2.75, 3.05) is 24.6 Å². The lowest BCUT2D eigenvalue weighted by Crippen LogP contribution is -2.39. The summed E-state index contributed by atoms with van der Waals surface area (Å²) in [5, 5.41) is 5.83. The summed E-state index contributed by atoms with van der Waals surface area (Å²) in [5.74, 6) is 1.31. The minimum absolute atomic E-state index is 0.00614. The van der Waals surface area contributed by atoms with Crippen molar-refractivity contribution in [2.24, 2.45) is 0 Å². The van der Waals surface area contributed by atoms with Gasteiger partial charge in [0.05, 0.1) is 6.54 Å². The summed E-state index contributed by atoms with van der Waals surface area (Å²) in [6.45, 7) is 6.85. The fourth-order valence-corrected chi connectivity index (χ4v) is 1.62. The monoisotopic (exact) mass is 234 g/mol. The molecule has 15 heavy (non-hydrogen) atoms. The van der Waals surface area contributed by atoms with E-state index < -0.39 is 10.8 Å². The first-order valence-corrected chi connectivity index (χ1v) is 6.94. The van der Waals surface area contributed by atoms with Crippen molar-refractivity contribution in [3.63, 3.8) is 0 Å². The van der Waals surface area contributed by atoms with Crippen molar-refractivity contribution in [3.05, 3.63) is 0 Å². The third-order valence-electron chi connectivity index (χ3n) is 2.13. The lowest BCUT2D eigenvalue weighted by Gasteiger charge is -2.11. The molecule has 2 atom stereocenters. The summed E-state index contributed by atoms with van der Waals surface area (Å²) in [6.07, 6.45) is 0.936. The summed E-state index contributed by atoms with van der Waals surface area (Å²) < 4.78 is 11.1. The van der Waals surface area contributed by atoms with Gasteiger partial charge in [-0.05, 0) is 13.3 Å². The average Bonchev–Trinajstić information content (AvgIpc) is 2.23. The van der Waals surface area contributed by atoms with E-state index in [2.05, 4.69) is 10.6 Å². The molecule has 0 aromatic carbocycles. The van der Waals surface area contributed by atoms with Crippen LogP contribution in [0.1, 0.15) is 27.2 Å². The first-order valence-electron chi connectivity index (χ1n) is 5.45. The molecular weight excluding hydrogens is 212 g/mol. The number of nitrogens with one attached hydrogen (secondary N) is 2. The van der Waals surface area contributed by atoms with Crippen LogP contribution < -0.4 is 10.6 Å². The molecule has 90 valence electrons. The minimum Gasteiger partial charge on any atom is -0.353 e. The molecule has 0 fully saturated rings. The first kappa shape index (κ1) is 14.6. The normalized spacial score (nSPS) is 14.6. The molecule has 0 aliphatic rings. The number of amides is 1. The van der Waals surface area contributed by atoms with Gasteiger partial charge in [-0.1, -0.05) is 13.8 Å². The summed E-state index contributed by atoms with van der Waals surface area (Å²) in [5.41, 5.74) is 0. The van der Waals surface area contributed by atoms with Gasteiger partial charge in [0.2, 0.25) is 5.91 Å². The van der Waals surface area contributed by atoms with E-state index in [0.717, 1.165) is 6.42 Å². The Hall–Kier alpha value is -0.420. The van der Waals surface area contributed by atoms with Gasteiger partial charge in [-0.3, -0.25) is 9.00 Å². The SMILES string of the molecule is CCC(C)NC(=O)CNCCS(=O)CC. The van der Waals surface area contributed by atoms with Crippen molar-refractivity contribution >= 4 is 16.7 Å². The van der Waals surface area contributed by atoms with Crippen molar-refractivity contribution in [3.8, 4) is 0 Å². The molecule has 0 aliphatic heterocycles. The van der Waals surface area contributed by atoms with E-state index in [1.165, 1.54) is 0 Å². The predicted octanol–water partition coefficient (Wildman–Crippen LogP) is 0.259. The van der Waals surface area contributed by atoms with Gasteiger partial charge < -0.3 is 10.6 Å². The van der Waals surface area contributed by atoms with Gasteiger partial charge in [-0.2, -0.15) is 0 Å². The van der Waals surface area contributed by atoms with Crippen LogP contribution in [-0.2, 0) is 15.6 Å². The molecule has 0 saturated carbocycles. The van der Waals surface area contributed by atoms with E-state index in [9.17, 15) is 9.00 Å². The van der Waals surface area contributed by atoms with Crippen molar-refractivity contribution < 1.29 is 9.00 Å². The maximum absolute atomic E-state index is 11.3. The van der Waals surface area contributed by atoms with Gasteiger partial charge in [0.1, 0.15) is 0 Å². The molecule has 2 unspecified atom stereocenters. The van der Waals surface area contributed by atoms with Crippen LogP contribution in [0.5, 0.6) is 0 Å². The summed E-state index contributed by atoms with van der Waals surface area (Å²) >= 11 is 0. The fourth-order valence-electron chi connectivity index (χ4n) is 0.960. The van der Waals surface area contributed by atoms with Crippen LogP contribution >= 0.6 is 0 Å². The van der Waals surface area contributed by atoms with Gasteiger partial charge in [0.25, 0.3) is 0 Å². The molecule has 4 nitrogen and oxygen atoms in total. The van der Waals surface area contributed by atoms with Crippen LogP contribution in [0.25, 0.3) is 0 Å². The van der Waals surface area contributed by atoms with Gasteiger partial charge in [-0.15, -0.1) is 0 Å². The Bertz CT molecular complexity index is 210. The van der Waals surface area contributed by atoms with E-state index in [4.69, 9.17) is 0 Å². The van der Waals surface area contributed by atoms with E-state index in [1.807, 2.05) is 20.8 Å². The molecule has 0 radical (unpaired) electrons. The quantitative estimate of drug-likeness (QED) is 0.592. The maximum atomic E-state index is 11.3. The van der Waals surface area contributed by atoms with Gasteiger partial charge in [-0.25, -0.2) is 0 Å². The molecule has 0 spiro atoms. The highest BCUT2D eigenvalue weighted by Gasteiger charge is 2.04. The second kappa shape index (κ2) is 8.85. The zero-order chi connectivity index (χ0) is 11.7. The summed E-state index contributed by atoms with van der Waals surface area (Å²) in [7, 11) is -0.748. The molecule has 0 heterocycles. The van der Waals surface area contributed by atoms with Crippen LogP contribution in [0.4, 0.5) is 0 Å². The molecule has 2 N–H and O–H groups in total. The van der Waals surface area contributed by atoms with Crippen LogP contribution in [0.2, 0.25) is 0 Å². The van der Waals surface area contributed by atoms with E-state index >= 15 is 0 Å². The molecule has 0 saturated heterocycles. The Morgan fingerprint density at radius 3 is 2.60 bits per heavy atom. The molecule has 0 bridgehead atoms. The molecule has 0 aliphatic carbocycles. The number of carbonyl (C=O) groups excluding carboxylic acids is 1. The van der Waals surface area contributed by atoms with E-state index in [1.54, 1.807) is 0 Å². The van der Waals surface area contributed by atoms with Gasteiger partial charge in [0.15, 0.2) is 0 Å². The third kappa shape index (κ3) is 8.57. The second-order valence-corrected chi connectivity index (χ2v) is 5.35. The smallest absolute Gasteiger partial charge is 0.234 e. The van der Waals surface area contributed by atoms with Crippen LogP contribution in [0.3, 0.4) is 0 Å². The third-order valence-corrected chi connectivity index (χ3v) is 3.44. The lowest BCUT2D eigenvalue weighted by atomic mass is 10.2. The number of hydrogen-bond acceptors (Lipinski definition) is 3. The second-order valence-electron chi connectivity index (χ2n) is 3.49. The molecule has 0 aromatic rings. The van der Waals surface area contributed by atoms with Crippen molar-refractivity contribution in [1.82, 2.24) is 10.6 Å².